The molecule has 2 saturated heterocycles. The summed E-state index contributed by atoms with van der Waals surface area (Å²) in [5.74, 6) is 0.925. The molecule has 0 N–H and O–H groups in total. The van der Waals surface area contributed by atoms with Crippen LogP contribution in [-0.4, -0.2) is 60.0 Å². The molecule has 0 spiro atoms. The Morgan fingerprint density at radius 2 is 1.74 bits per heavy atom. The molecule has 3 heterocycles. The number of hydrogen-bond donors (Lipinski definition) is 0. The third-order valence-electron chi connectivity index (χ3n) is 5.61. The highest BCUT2D eigenvalue weighted by Crippen LogP contribution is 2.21. The van der Waals surface area contributed by atoms with Crippen LogP contribution in [-0.2, 0) is 0 Å². The molecule has 1 aromatic heterocycles. The molecule has 5 nitrogen and oxygen atoms in total. The van der Waals surface area contributed by atoms with Crippen molar-refractivity contribution in [3.05, 3.63) is 36.0 Å². The molecule has 4 rings (SSSR count). The molecule has 0 saturated carbocycles. The topological polar surface area (TPSA) is 45.7 Å². The maximum atomic E-state index is 12.5. The van der Waals surface area contributed by atoms with E-state index in [9.17, 15) is 4.79 Å². The Bertz CT molecular complexity index is 780. The number of fused-ring (bicyclic) bond motifs is 1. The number of aromatic nitrogens is 1. The second-order valence-corrected chi connectivity index (χ2v) is 7.65. The zero-order valence-corrected chi connectivity index (χ0v) is 16.0. The molecule has 0 radical (unpaired) electrons. The van der Waals surface area contributed by atoms with Gasteiger partial charge in [-0.15, -0.1) is 0 Å². The number of amides is 1. The SMILES string of the molecule is O=C(c1ccc2cc(OCCCN3CCCCC3)ccc2n1)N1CCCC1. The Labute approximate surface area is 161 Å². The fraction of sp³-hybridized carbons (Fsp3) is 0.545. The van der Waals surface area contributed by atoms with E-state index in [1.807, 2.05) is 35.2 Å². The second kappa shape index (κ2) is 8.70. The van der Waals surface area contributed by atoms with Crippen LogP contribution in [0.25, 0.3) is 10.9 Å². The van der Waals surface area contributed by atoms with Crippen molar-refractivity contribution >= 4 is 16.8 Å². The van der Waals surface area contributed by atoms with E-state index in [1.54, 1.807) is 0 Å². The van der Waals surface area contributed by atoms with Crippen LogP contribution < -0.4 is 4.74 Å². The Balaban J connectivity index is 1.33. The number of ether oxygens (including phenoxy) is 1. The Hall–Kier alpha value is -2.14. The minimum atomic E-state index is 0.0486. The molecule has 0 aliphatic carbocycles. The predicted molar refractivity (Wildman–Crippen MR) is 107 cm³/mol. The second-order valence-electron chi connectivity index (χ2n) is 7.65. The number of carbonyl (C=O) groups excluding carboxylic acids is 1. The number of benzene rings is 1. The van der Waals surface area contributed by atoms with E-state index in [4.69, 9.17) is 4.74 Å². The average molecular weight is 367 g/mol. The van der Waals surface area contributed by atoms with E-state index < -0.39 is 0 Å². The lowest BCUT2D eigenvalue weighted by Gasteiger charge is -2.26. The molecule has 2 aliphatic rings. The quantitative estimate of drug-likeness (QED) is 0.730. The lowest BCUT2D eigenvalue weighted by atomic mass is 10.1. The molecular weight excluding hydrogens is 338 g/mol. The normalized spacial score (nSPS) is 18.1. The third kappa shape index (κ3) is 4.59. The minimum Gasteiger partial charge on any atom is -0.494 e. The van der Waals surface area contributed by atoms with Gasteiger partial charge in [-0.1, -0.05) is 12.5 Å². The van der Waals surface area contributed by atoms with Crippen LogP contribution >= 0.6 is 0 Å². The number of nitrogens with zero attached hydrogens (tertiary/aromatic N) is 3. The standard InChI is InChI=1S/C22H29N3O2/c26-22(25-14-4-5-15-25)21-9-7-18-17-19(8-10-20(18)23-21)27-16-6-13-24-11-2-1-3-12-24/h7-10,17H,1-6,11-16H2. The summed E-state index contributed by atoms with van der Waals surface area (Å²) in [4.78, 5) is 21.5. The minimum absolute atomic E-state index is 0.0486. The molecule has 0 unspecified atom stereocenters. The Kier molecular flexibility index (Phi) is 5.87. The van der Waals surface area contributed by atoms with Gasteiger partial charge in [0.15, 0.2) is 0 Å². The summed E-state index contributed by atoms with van der Waals surface area (Å²) >= 11 is 0. The fourth-order valence-corrected chi connectivity index (χ4v) is 4.06. The number of rotatable bonds is 6. The average Bonchev–Trinajstić information content (AvgIpc) is 3.26. The van der Waals surface area contributed by atoms with E-state index in [0.29, 0.717) is 5.69 Å². The van der Waals surface area contributed by atoms with Gasteiger partial charge in [0, 0.05) is 25.0 Å². The van der Waals surface area contributed by atoms with E-state index in [0.717, 1.165) is 62.2 Å². The van der Waals surface area contributed by atoms with Crippen LogP contribution in [0.4, 0.5) is 0 Å². The highest BCUT2D eigenvalue weighted by Gasteiger charge is 2.20. The maximum Gasteiger partial charge on any atom is 0.272 e. The maximum absolute atomic E-state index is 12.5. The van der Waals surface area contributed by atoms with Gasteiger partial charge < -0.3 is 14.5 Å². The van der Waals surface area contributed by atoms with Crippen molar-refractivity contribution in [1.29, 1.82) is 0 Å². The van der Waals surface area contributed by atoms with Gasteiger partial charge >= 0.3 is 0 Å². The third-order valence-corrected chi connectivity index (χ3v) is 5.61. The van der Waals surface area contributed by atoms with E-state index in [-0.39, 0.29) is 5.91 Å². The molecule has 1 amide bonds. The number of pyridine rings is 1. The van der Waals surface area contributed by atoms with Crippen LogP contribution in [0.2, 0.25) is 0 Å². The zero-order valence-electron chi connectivity index (χ0n) is 16.0. The van der Waals surface area contributed by atoms with Crippen molar-refractivity contribution in [1.82, 2.24) is 14.8 Å². The summed E-state index contributed by atoms with van der Waals surface area (Å²) in [5.41, 5.74) is 1.39. The first-order chi connectivity index (χ1) is 13.3. The summed E-state index contributed by atoms with van der Waals surface area (Å²) in [5, 5.41) is 1.02. The molecule has 2 aromatic rings. The van der Waals surface area contributed by atoms with E-state index in [2.05, 4.69) is 9.88 Å². The highest BCUT2D eigenvalue weighted by atomic mass is 16.5. The molecule has 0 atom stereocenters. The molecule has 0 bridgehead atoms. The van der Waals surface area contributed by atoms with Crippen LogP contribution in [0, 0.1) is 0 Å². The van der Waals surface area contributed by atoms with Crippen molar-refractivity contribution in [2.75, 3.05) is 39.3 Å². The first-order valence-corrected chi connectivity index (χ1v) is 10.3. The molecule has 2 aliphatic heterocycles. The van der Waals surface area contributed by atoms with Crippen LogP contribution in [0.1, 0.15) is 49.0 Å². The van der Waals surface area contributed by atoms with Gasteiger partial charge in [-0.05, 0) is 69.5 Å². The Morgan fingerprint density at radius 1 is 0.963 bits per heavy atom. The number of piperidine rings is 1. The molecule has 144 valence electrons. The molecule has 1 aromatic carbocycles. The summed E-state index contributed by atoms with van der Waals surface area (Å²) in [6.45, 7) is 6.03. The highest BCUT2D eigenvalue weighted by molar-refractivity contribution is 5.95. The lowest BCUT2D eigenvalue weighted by molar-refractivity contribution is 0.0787. The molecule has 5 heteroatoms. The van der Waals surface area contributed by atoms with Crippen molar-refractivity contribution in [2.45, 2.75) is 38.5 Å². The summed E-state index contributed by atoms with van der Waals surface area (Å²) < 4.78 is 5.93. The summed E-state index contributed by atoms with van der Waals surface area (Å²) in [6.07, 6.45) is 7.29. The van der Waals surface area contributed by atoms with Crippen LogP contribution in [0.15, 0.2) is 30.3 Å². The van der Waals surface area contributed by atoms with Gasteiger partial charge in [0.2, 0.25) is 0 Å². The zero-order chi connectivity index (χ0) is 18.5. The molecular formula is C22H29N3O2. The number of hydrogen-bond acceptors (Lipinski definition) is 4. The van der Waals surface area contributed by atoms with Gasteiger partial charge in [0.1, 0.15) is 11.4 Å². The summed E-state index contributed by atoms with van der Waals surface area (Å²) in [7, 11) is 0. The van der Waals surface area contributed by atoms with Gasteiger partial charge in [-0.3, -0.25) is 4.79 Å². The van der Waals surface area contributed by atoms with Crippen molar-refractivity contribution in [2.24, 2.45) is 0 Å². The van der Waals surface area contributed by atoms with Crippen molar-refractivity contribution in [3.8, 4) is 5.75 Å². The van der Waals surface area contributed by atoms with Gasteiger partial charge in [-0.25, -0.2) is 4.98 Å². The molecule has 2 fully saturated rings. The van der Waals surface area contributed by atoms with Crippen molar-refractivity contribution in [3.63, 3.8) is 0 Å². The first-order valence-electron chi connectivity index (χ1n) is 10.3. The van der Waals surface area contributed by atoms with Gasteiger partial charge in [0.05, 0.1) is 12.1 Å². The number of likely N-dealkylation sites (tertiary alicyclic amines) is 2. The van der Waals surface area contributed by atoms with E-state index >= 15 is 0 Å². The van der Waals surface area contributed by atoms with Crippen LogP contribution in [0.5, 0.6) is 5.75 Å². The number of carbonyl (C=O) groups is 1. The fourth-order valence-electron chi connectivity index (χ4n) is 4.06. The van der Waals surface area contributed by atoms with Gasteiger partial charge in [0.25, 0.3) is 5.91 Å². The first kappa shape index (κ1) is 18.2. The largest absolute Gasteiger partial charge is 0.494 e. The predicted octanol–water partition coefficient (Wildman–Crippen LogP) is 3.73. The van der Waals surface area contributed by atoms with Crippen molar-refractivity contribution < 1.29 is 9.53 Å². The Morgan fingerprint density at radius 3 is 2.56 bits per heavy atom. The monoisotopic (exact) mass is 367 g/mol. The van der Waals surface area contributed by atoms with E-state index in [1.165, 1.54) is 32.4 Å². The summed E-state index contributed by atoms with van der Waals surface area (Å²) in [6, 6.07) is 9.75. The molecule has 27 heavy (non-hydrogen) atoms. The van der Waals surface area contributed by atoms with Crippen LogP contribution in [0.3, 0.4) is 0 Å². The lowest BCUT2D eigenvalue weighted by Crippen LogP contribution is -2.31. The smallest absolute Gasteiger partial charge is 0.272 e. The van der Waals surface area contributed by atoms with Gasteiger partial charge in [-0.2, -0.15) is 0 Å².